The molecule has 0 saturated carbocycles. The lowest BCUT2D eigenvalue weighted by Crippen LogP contribution is -2.30. The highest BCUT2D eigenvalue weighted by Crippen LogP contribution is 2.23. The first-order valence-corrected chi connectivity index (χ1v) is 8.33. The van der Waals surface area contributed by atoms with Crippen molar-refractivity contribution in [3.05, 3.63) is 54.4 Å². The third-order valence-electron chi connectivity index (χ3n) is 4.09. The van der Waals surface area contributed by atoms with Gasteiger partial charge in [-0.2, -0.15) is 0 Å². The SMILES string of the molecule is CCn1cc(CCNC(=O)Nc2ccccc2OC)c2cccnc21. The number of pyridine rings is 1. The molecule has 1 aromatic carbocycles. The number of amides is 2. The van der Waals surface area contributed by atoms with Crippen molar-refractivity contribution in [3.63, 3.8) is 0 Å². The van der Waals surface area contributed by atoms with Crippen LogP contribution in [0.4, 0.5) is 10.5 Å². The predicted octanol–water partition coefficient (Wildman–Crippen LogP) is 3.43. The van der Waals surface area contributed by atoms with Gasteiger partial charge in [0.2, 0.25) is 0 Å². The molecule has 0 saturated heterocycles. The Morgan fingerprint density at radius 1 is 1.24 bits per heavy atom. The maximum absolute atomic E-state index is 12.1. The molecular weight excluding hydrogens is 316 g/mol. The number of methoxy groups -OCH3 is 1. The Balaban J connectivity index is 1.60. The fourth-order valence-electron chi connectivity index (χ4n) is 2.86. The fourth-order valence-corrected chi connectivity index (χ4v) is 2.86. The van der Waals surface area contributed by atoms with Gasteiger partial charge < -0.3 is 19.9 Å². The van der Waals surface area contributed by atoms with Crippen molar-refractivity contribution in [2.24, 2.45) is 0 Å². The van der Waals surface area contributed by atoms with E-state index in [2.05, 4.69) is 39.4 Å². The number of carbonyl (C=O) groups excluding carboxylic acids is 1. The molecule has 6 heteroatoms. The number of nitrogens with one attached hydrogen (secondary N) is 2. The summed E-state index contributed by atoms with van der Waals surface area (Å²) in [6.07, 6.45) is 4.66. The molecule has 0 spiro atoms. The summed E-state index contributed by atoms with van der Waals surface area (Å²) in [5.41, 5.74) is 2.82. The number of aryl methyl sites for hydroxylation is 1. The van der Waals surface area contributed by atoms with Crippen molar-refractivity contribution in [1.29, 1.82) is 0 Å². The van der Waals surface area contributed by atoms with Gasteiger partial charge in [-0.05, 0) is 43.2 Å². The summed E-state index contributed by atoms with van der Waals surface area (Å²) < 4.78 is 7.36. The first-order chi connectivity index (χ1) is 12.2. The molecular formula is C19H22N4O2. The Kier molecular flexibility index (Phi) is 5.18. The van der Waals surface area contributed by atoms with Gasteiger partial charge in [0, 0.05) is 30.9 Å². The third-order valence-corrected chi connectivity index (χ3v) is 4.09. The average Bonchev–Trinajstić information content (AvgIpc) is 3.00. The van der Waals surface area contributed by atoms with Gasteiger partial charge in [0.05, 0.1) is 12.8 Å². The maximum Gasteiger partial charge on any atom is 0.319 e. The quantitative estimate of drug-likeness (QED) is 0.723. The van der Waals surface area contributed by atoms with Gasteiger partial charge in [-0.1, -0.05) is 12.1 Å². The van der Waals surface area contributed by atoms with Crippen LogP contribution in [0, 0.1) is 0 Å². The topological polar surface area (TPSA) is 68.2 Å². The van der Waals surface area contributed by atoms with E-state index in [1.807, 2.05) is 24.3 Å². The fraction of sp³-hybridized carbons (Fsp3) is 0.263. The highest BCUT2D eigenvalue weighted by molar-refractivity contribution is 5.91. The number of carbonyl (C=O) groups is 1. The van der Waals surface area contributed by atoms with Gasteiger partial charge in [-0.25, -0.2) is 9.78 Å². The Hall–Kier alpha value is -3.02. The molecule has 130 valence electrons. The summed E-state index contributed by atoms with van der Waals surface area (Å²) in [7, 11) is 1.58. The number of fused-ring (bicyclic) bond motifs is 1. The van der Waals surface area contributed by atoms with E-state index in [4.69, 9.17) is 4.74 Å². The van der Waals surface area contributed by atoms with E-state index in [0.717, 1.165) is 24.0 Å². The third kappa shape index (κ3) is 3.74. The van der Waals surface area contributed by atoms with Crippen LogP contribution in [0.2, 0.25) is 0 Å². The first kappa shape index (κ1) is 16.8. The largest absolute Gasteiger partial charge is 0.495 e. The molecule has 0 aliphatic heterocycles. The molecule has 0 aliphatic rings. The molecule has 0 bridgehead atoms. The molecule has 0 atom stereocenters. The van der Waals surface area contributed by atoms with Crippen molar-refractivity contribution in [3.8, 4) is 5.75 Å². The number of benzene rings is 1. The van der Waals surface area contributed by atoms with E-state index < -0.39 is 0 Å². The van der Waals surface area contributed by atoms with Crippen LogP contribution in [0.3, 0.4) is 0 Å². The Morgan fingerprint density at radius 2 is 2.08 bits per heavy atom. The number of hydrogen-bond acceptors (Lipinski definition) is 3. The van der Waals surface area contributed by atoms with Gasteiger partial charge in [-0.3, -0.25) is 0 Å². The molecule has 2 amide bonds. The number of ether oxygens (including phenoxy) is 1. The van der Waals surface area contributed by atoms with E-state index in [-0.39, 0.29) is 6.03 Å². The monoisotopic (exact) mass is 338 g/mol. The van der Waals surface area contributed by atoms with E-state index in [9.17, 15) is 4.79 Å². The highest BCUT2D eigenvalue weighted by Gasteiger charge is 2.09. The van der Waals surface area contributed by atoms with Gasteiger partial charge >= 0.3 is 6.03 Å². The molecule has 0 unspecified atom stereocenters. The molecule has 0 aliphatic carbocycles. The van der Waals surface area contributed by atoms with Crippen LogP contribution in [0.25, 0.3) is 11.0 Å². The van der Waals surface area contributed by atoms with Gasteiger partial charge in [0.25, 0.3) is 0 Å². The summed E-state index contributed by atoms with van der Waals surface area (Å²) in [6, 6.07) is 11.1. The second-order valence-electron chi connectivity index (χ2n) is 5.65. The molecule has 2 aromatic heterocycles. The lowest BCUT2D eigenvalue weighted by atomic mass is 10.1. The molecule has 3 aromatic rings. The Morgan fingerprint density at radius 3 is 2.88 bits per heavy atom. The second-order valence-corrected chi connectivity index (χ2v) is 5.65. The molecule has 2 N–H and O–H groups in total. The van der Waals surface area contributed by atoms with Crippen molar-refractivity contribution in [1.82, 2.24) is 14.9 Å². The standard InChI is InChI=1S/C19H22N4O2/c1-3-23-13-14(15-7-6-11-20-18(15)23)10-12-21-19(24)22-16-8-4-5-9-17(16)25-2/h4-9,11,13H,3,10,12H2,1-2H3,(H2,21,22,24). The van der Waals surface area contributed by atoms with Crippen molar-refractivity contribution >= 4 is 22.8 Å². The van der Waals surface area contributed by atoms with Crippen LogP contribution in [-0.4, -0.2) is 29.2 Å². The second kappa shape index (κ2) is 7.70. The van der Waals surface area contributed by atoms with Gasteiger partial charge in [0.1, 0.15) is 11.4 Å². The molecule has 0 radical (unpaired) electrons. The van der Waals surface area contributed by atoms with Crippen LogP contribution in [0.15, 0.2) is 48.8 Å². The first-order valence-electron chi connectivity index (χ1n) is 8.33. The number of para-hydroxylation sites is 2. The normalized spacial score (nSPS) is 10.6. The number of rotatable bonds is 6. The number of nitrogens with zero attached hydrogens (tertiary/aromatic N) is 2. The molecule has 3 rings (SSSR count). The van der Waals surface area contributed by atoms with E-state index in [1.165, 1.54) is 5.56 Å². The maximum atomic E-state index is 12.1. The van der Waals surface area contributed by atoms with Crippen LogP contribution in [-0.2, 0) is 13.0 Å². The number of anilines is 1. The summed E-state index contributed by atoms with van der Waals surface area (Å²) in [6.45, 7) is 3.50. The smallest absolute Gasteiger partial charge is 0.319 e. The van der Waals surface area contributed by atoms with Crippen LogP contribution >= 0.6 is 0 Å². The van der Waals surface area contributed by atoms with Crippen LogP contribution in [0.5, 0.6) is 5.75 Å². The number of urea groups is 1. The minimum atomic E-state index is -0.248. The summed E-state index contributed by atoms with van der Waals surface area (Å²) in [5.74, 6) is 0.634. The van der Waals surface area contributed by atoms with E-state index in [0.29, 0.717) is 18.0 Å². The Bertz CT molecular complexity index is 873. The zero-order valence-electron chi connectivity index (χ0n) is 14.5. The Labute approximate surface area is 146 Å². The number of aromatic nitrogens is 2. The van der Waals surface area contributed by atoms with Gasteiger partial charge in [0.15, 0.2) is 0 Å². The minimum Gasteiger partial charge on any atom is -0.495 e. The summed E-state index contributed by atoms with van der Waals surface area (Å²) >= 11 is 0. The van der Waals surface area contributed by atoms with Crippen molar-refractivity contribution in [2.45, 2.75) is 19.9 Å². The minimum absolute atomic E-state index is 0.248. The van der Waals surface area contributed by atoms with Crippen molar-refractivity contribution in [2.75, 3.05) is 19.0 Å². The molecule has 2 heterocycles. The summed E-state index contributed by atoms with van der Waals surface area (Å²) in [4.78, 5) is 16.5. The van der Waals surface area contributed by atoms with Crippen LogP contribution in [0.1, 0.15) is 12.5 Å². The van der Waals surface area contributed by atoms with E-state index >= 15 is 0 Å². The average molecular weight is 338 g/mol. The molecule has 0 fully saturated rings. The molecule has 25 heavy (non-hydrogen) atoms. The van der Waals surface area contributed by atoms with Crippen LogP contribution < -0.4 is 15.4 Å². The highest BCUT2D eigenvalue weighted by atomic mass is 16.5. The summed E-state index contributed by atoms with van der Waals surface area (Å²) in [5, 5.41) is 6.83. The lowest BCUT2D eigenvalue weighted by molar-refractivity contribution is 0.252. The van der Waals surface area contributed by atoms with Gasteiger partial charge in [-0.15, -0.1) is 0 Å². The lowest BCUT2D eigenvalue weighted by Gasteiger charge is -2.10. The number of hydrogen-bond donors (Lipinski definition) is 2. The van der Waals surface area contributed by atoms with Crippen molar-refractivity contribution < 1.29 is 9.53 Å². The predicted molar refractivity (Wildman–Crippen MR) is 99.1 cm³/mol. The zero-order chi connectivity index (χ0) is 17.6. The zero-order valence-corrected chi connectivity index (χ0v) is 14.5. The molecule has 6 nitrogen and oxygen atoms in total. The van der Waals surface area contributed by atoms with E-state index in [1.54, 1.807) is 19.4 Å².